The third-order valence-corrected chi connectivity index (χ3v) is 9.84. The van der Waals surface area contributed by atoms with Gasteiger partial charge in [-0.3, -0.25) is 14.5 Å². The topological polar surface area (TPSA) is 56.3 Å². The summed E-state index contributed by atoms with van der Waals surface area (Å²) in [5.74, 6) is -0.654. The van der Waals surface area contributed by atoms with Crippen LogP contribution in [0.15, 0.2) is 42.5 Å². The van der Waals surface area contributed by atoms with E-state index in [0.29, 0.717) is 70.1 Å². The zero-order valence-electron chi connectivity index (χ0n) is 27.6. The summed E-state index contributed by atoms with van der Waals surface area (Å²) in [6.45, 7) is 10.3. The summed E-state index contributed by atoms with van der Waals surface area (Å²) >= 11 is 0. The van der Waals surface area contributed by atoms with Crippen molar-refractivity contribution in [2.24, 2.45) is 0 Å². The van der Waals surface area contributed by atoms with Gasteiger partial charge in [-0.25, -0.2) is 4.39 Å². The largest absolute Gasteiger partial charge is 0.497 e. The van der Waals surface area contributed by atoms with Gasteiger partial charge >= 0.3 is 6.18 Å². The molecular weight excluding hydrogens is 659 g/mol. The van der Waals surface area contributed by atoms with Gasteiger partial charge in [-0.2, -0.15) is 13.2 Å². The third-order valence-electron chi connectivity index (χ3n) is 9.84. The summed E-state index contributed by atoms with van der Waals surface area (Å²) < 4.78 is 63.6. The molecule has 0 unspecified atom stereocenters. The molecule has 0 N–H and O–H groups in total. The van der Waals surface area contributed by atoms with E-state index in [9.17, 15) is 22.8 Å². The summed E-state index contributed by atoms with van der Waals surface area (Å²) in [4.78, 5) is 33.1. The van der Waals surface area contributed by atoms with Gasteiger partial charge in [0.15, 0.2) is 0 Å². The van der Waals surface area contributed by atoms with Crippen LogP contribution in [-0.2, 0) is 15.8 Å². The molecule has 0 radical (unpaired) electrons. The number of methoxy groups -OCH3 is 1. The first kappa shape index (κ1) is 38.7. The molecule has 7 nitrogen and oxygen atoms in total. The minimum atomic E-state index is -4.48. The number of piperazine rings is 1. The lowest BCUT2D eigenvalue weighted by Crippen LogP contribution is -2.53. The Morgan fingerprint density at radius 3 is 1.98 bits per heavy atom. The first-order valence-corrected chi connectivity index (χ1v) is 15.7. The fraction of sp³-hybridized carbons (Fsp3) is 0.588. The molecule has 47 heavy (non-hydrogen) atoms. The number of hydrogen-bond acceptors (Lipinski definition) is 5. The average molecular weight is 706 g/mol. The van der Waals surface area contributed by atoms with E-state index in [1.54, 1.807) is 35.1 Å². The van der Waals surface area contributed by atoms with Crippen molar-refractivity contribution < 1.29 is 31.9 Å². The molecule has 3 aliphatic heterocycles. The number of rotatable bonds is 5. The van der Waals surface area contributed by atoms with E-state index in [1.807, 2.05) is 42.7 Å². The van der Waals surface area contributed by atoms with Gasteiger partial charge in [0.05, 0.1) is 12.7 Å². The van der Waals surface area contributed by atoms with Crippen molar-refractivity contribution in [1.82, 2.24) is 14.7 Å². The highest BCUT2D eigenvalue weighted by atomic mass is 35.5. The number of ether oxygens (including phenoxy) is 1. The smallest absolute Gasteiger partial charge is 0.416 e. The van der Waals surface area contributed by atoms with Crippen LogP contribution in [-0.4, -0.2) is 97.2 Å². The maximum absolute atomic E-state index is 17.2. The molecule has 5 rings (SSSR count). The van der Waals surface area contributed by atoms with E-state index in [0.717, 1.165) is 17.2 Å². The van der Waals surface area contributed by atoms with Gasteiger partial charge in [0, 0.05) is 76.4 Å². The number of likely N-dealkylation sites (tertiary alicyclic amines) is 2. The van der Waals surface area contributed by atoms with Gasteiger partial charge in [0.25, 0.3) is 5.91 Å². The second-order valence-electron chi connectivity index (χ2n) is 13.6. The number of carbonyl (C=O) groups is 2. The highest BCUT2D eigenvalue weighted by molar-refractivity contribution is 5.87. The monoisotopic (exact) mass is 704 g/mol. The van der Waals surface area contributed by atoms with Crippen LogP contribution < -0.4 is 9.64 Å². The number of piperidine rings is 1. The minimum absolute atomic E-state index is 0. The SMILES string of the molecule is COc1ccc([C@@H]2CN(C(C)(C)C)C[C@@]2(F)C(=O)N2CCC(c3ccc(C(F)(F)F)cc3N3CCN(C(C)=O)CC3)CC2)cc1.Cl.Cl. The van der Waals surface area contributed by atoms with Crippen molar-refractivity contribution in [2.45, 2.75) is 69.8 Å². The number of anilines is 1. The number of alkyl halides is 4. The van der Waals surface area contributed by atoms with Gasteiger partial charge in [-0.15, -0.1) is 24.8 Å². The molecule has 0 aliphatic carbocycles. The normalized spacial score (nSPS) is 22.8. The van der Waals surface area contributed by atoms with E-state index in [2.05, 4.69) is 0 Å². The van der Waals surface area contributed by atoms with Crippen LogP contribution in [0.5, 0.6) is 5.75 Å². The van der Waals surface area contributed by atoms with Crippen LogP contribution in [0.1, 0.15) is 69.1 Å². The second kappa shape index (κ2) is 14.8. The Labute approximate surface area is 287 Å². The van der Waals surface area contributed by atoms with Crippen LogP contribution in [0.2, 0.25) is 0 Å². The summed E-state index contributed by atoms with van der Waals surface area (Å²) in [5.41, 5.74) is -1.09. The lowest BCUT2D eigenvalue weighted by atomic mass is 9.83. The summed E-state index contributed by atoms with van der Waals surface area (Å²) in [7, 11) is 1.57. The summed E-state index contributed by atoms with van der Waals surface area (Å²) in [5, 5.41) is 0. The van der Waals surface area contributed by atoms with Crippen molar-refractivity contribution in [2.75, 3.05) is 64.4 Å². The molecule has 262 valence electrons. The van der Waals surface area contributed by atoms with Gasteiger partial charge < -0.3 is 19.4 Å². The molecule has 13 heteroatoms. The highest BCUT2D eigenvalue weighted by Gasteiger charge is 2.57. The molecule has 3 heterocycles. The molecule has 2 atom stereocenters. The van der Waals surface area contributed by atoms with Crippen molar-refractivity contribution in [3.63, 3.8) is 0 Å². The standard InChI is InChI=1S/C34H44F4N4O3.2ClH/c1-23(43)39-16-18-40(19-17-39)30-20-26(34(36,37)38)8-11-28(30)24-12-14-41(15-13-24)31(44)33(35)22-42(32(2,3)4)21-29(33)25-6-9-27(45-5)10-7-25;;/h6-11,20,24,29H,12-19,21-22H2,1-5H3;2*1H/t29-,33-;;/m0../s1. The lowest BCUT2D eigenvalue weighted by Gasteiger charge is -2.40. The molecule has 2 aromatic rings. The van der Waals surface area contributed by atoms with Crippen LogP contribution >= 0.6 is 24.8 Å². The number of benzene rings is 2. The zero-order chi connectivity index (χ0) is 32.7. The van der Waals surface area contributed by atoms with Crippen LogP contribution in [0.4, 0.5) is 23.2 Å². The molecule has 3 aliphatic rings. The first-order valence-electron chi connectivity index (χ1n) is 15.7. The maximum atomic E-state index is 17.2. The van der Waals surface area contributed by atoms with E-state index in [-0.39, 0.29) is 48.7 Å². The Balaban J connectivity index is 0.00000300. The van der Waals surface area contributed by atoms with Crippen LogP contribution in [0.25, 0.3) is 0 Å². The van der Waals surface area contributed by atoms with Gasteiger partial charge in [-0.1, -0.05) is 18.2 Å². The number of hydrogen-bond donors (Lipinski definition) is 0. The number of amides is 2. The Morgan fingerprint density at radius 2 is 1.47 bits per heavy atom. The van der Waals surface area contributed by atoms with Gasteiger partial charge in [0.2, 0.25) is 11.6 Å². The van der Waals surface area contributed by atoms with Crippen molar-refractivity contribution >= 4 is 42.3 Å². The van der Waals surface area contributed by atoms with Gasteiger partial charge in [-0.05, 0) is 74.9 Å². The van der Waals surface area contributed by atoms with Gasteiger partial charge in [0.1, 0.15) is 5.75 Å². The Kier molecular flexibility index (Phi) is 12.2. The quantitative estimate of drug-likeness (QED) is 0.331. The molecule has 0 spiro atoms. The minimum Gasteiger partial charge on any atom is -0.497 e. The molecule has 3 saturated heterocycles. The Bertz CT molecular complexity index is 1390. The maximum Gasteiger partial charge on any atom is 0.416 e. The second-order valence-corrected chi connectivity index (χ2v) is 13.6. The summed E-state index contributed by atoms with van der Waals surface area (Å²) in [6.07, 6.45) is -3.45. The first-order chi connectivity index (χ1) is 21.1. The lowest BCUT2D eigenvalue weighted by molar-refractivity contribution is -0.145. The summed E-state index contributed by atoms with van der Waals surface area (Å²) in [6, 6.07) is 11.1. The number of carbonyl (C=O) groups excluding carboxylic acids is 2. The highest BCUT2D eigenvalue weighted by Crippen LogP contribution is 2.45. The fourth-order valence-corrected chi connectivity index (χ4v) is 7.01. The predicted octanol–water partition coefficient (Wildman–Crippen LogP) is 6.54. The molecular formula is C34H46Cl2F4N4O3. The van der Waals surface area contributed by atoms with Crippen molar-refractivity contribution in [3.05, 3.63) is 59.2 Å². The van der Waals surface area contributed by atoms with Crippen molar-refractivity contribution in [1.29, 1.82) is 0 Å². The third kappa shape index (κ3) is 8.11. The number of halogens is 6. The van der Waals surface area contributed by atoms with E-state index in [4.69, 9.17) is 4.74 Å². The molecule has 2 aromatic carbocycles. The molecule has 3 fully saturated rings. The Morgan fingerprint density at radius 1 is 0.872 bits per heavy atom. The van der Waals surface area contributed by atoms with Crippen LogP contribution in [0.3, 0.4) is 0 Å². The van der Waals surface area contributed by atoms with Crippen LogP contribution in [0, 0.1) is 0 Å². The van der Waals surface area contributed by atoms with E-state index in [1.165, 1.54) is 13.0 Å². The Hall–Kier alpha value is -2.76. The van der Waals surface area contributed by atoms with E-state index < -0.39 is 29.2 Å². The molecule has 0 aromatic heterocycles. The molecule has 0 saturated carbocycles. The average Bonchev–Trinajstić information content (AvgIpc) is 3.39. The molecule has 2 amide bonds. The van der Waals surface area contributed by atoms with Crippen molar-refractivity contribution in [3.8, 4) is 5.75 Å². The fourth-order valence-electron chi connectivity index (χ4n) is 7.01. The van der Waals surface area contributed by atoms with E-state index >= 15 is 4.39 Å². The zero-order valence-corrected chi connectivity index (χ0v) is 29.2. The predicted molar refractivity (Wildman–Crippen MR) is 180 cm³/mol. The number of nitrogens with zero attached hydrogens (tertiary/aromatic N) is 4. The molecule has 0 bridgehead atoms.